The standard InChI is InChI=1S/C15H14F5N3O/c1-3-7(2)8-4-24-5-9-21-23(6-22(8)9)15-13(19)11(17)10(16)12(18)14(15)20/h7-8H,3-5H2,1-2H3/t7?,8-/m1/s1. The van der Waals surface area contributed by atoms with Gasteiger partial charge in [0.1, 0.15) is 12.3 Å². The van der Waals surface area contributed by atoms with Gasteiger partial charge in [0.2, 0.25) is 12.5 Å². The van der Waals surface area contributed by atoms with Gasteiger partial charge in [-0.3, -0.25) is 0 Å². The van der Waals surface area contributed by atoms with Crippen molar-refractivity contribution < 1.29 is 26.7 Å². The van der Waals surface area contributed by atoms with Gasteiger partial charge < -0.3 is 9.64 Å². The van der Waals surface area contributed by atoms with Crippen molar-refractivity contribution in [2.24, 2.45) is 11.0 Å². The number of halogens is 5. The van der Waals surface area contributed by atoms with E-state index in [1.807, 2.05) is 13.8 Å². The molecule has 0 bridgehead atoms. The number of ether oxygens (including phenoxy) is 1. The molecule has 130 valence electrons. The molecular weight excluding hydrogens is 333 g/mol. The van der Waals surface area contributed by atoms with Crippen LogP contribution in [0.1, 0.15) is 20.3 Å². The lowest BCUT2D eigenvalue weighted by atomic mass is 9.97. The second-order valence-corrected chi connectivity index (χ2v) is 5.68. The first-order valence-corrected chi connectivity index (χ1v) is 7.39. The minimum Gasteiger partial charge on any atom is -0.371 e. The fourth-order valence-corrected chi connectivity index (χ4v) is 2.63. The monoisotopic (exact) mass is 347 g/mol. The molecule has 2 aliphatic heterocycles. The molecule has 24 heavy (non-hydrogen) atoms. The van der Waals surface area contributed by atoms with Gasteiger partial charge in [-0.25, -0.2) is 27.0 Å². The number of benzene rings is 1. The molecule has 0 N–H and O–H groups in total. The molecule has 9 heteroatoms. The van der Waals surface area contributed by atoms with Crippen molar-refractivity contribution in [2.75, 3.05) is 18.2 Å². The summed E-state index contributed by atoms with van der Waals surface area (Å²) in [6, 6.07) is -0.186. The molecule has 1 aromatic carbocycles. The molecule has 0 saturated carbocycles. The topological polar surface area (TPSA) is 28.1 Å². The van der Waals surface area contributed by atoms with E-state index in [1.54, 1.807) is 0 Å². The Kier molecular flexibility index (Phi) is 4.37. The highest BCUT2D eigenvalue weighted by Crippen LogP contribution is 2.35. The number of hydrogen-bond donors (Lipinski definition) is 0. The molecule has 2 aliphatic rings. The molecule has 0 spiro atoms. The van der Waals surface area contributed by atoms with Gasteiger partial charge in [0.05, 0.1) is 12.6 Å². The van der Waals surface area contributed by atoms with Crippen LogP contribution in [0, 0.1) is 41.7 Å². The number of rotatable bonds is 3. The third kappa shape index (κ3) is 2.51. The van der Waals surface area contributed by atoms with E-state index in [2.05, 4.69) is 11.8 Å². The first-order valence-electron chi connectivity index (χ1n) is 7.39. The van der Waals surface area contributed by atoms with Crippen LogP contribution in [0.15, 0.2) is 5.10 Å². The number of fused-ring (bicyclic) bond motifs is 1. The number of amidine groups is 1. The van der Waals surface area contributed by atoms with Crippen molar-refractivity contribution in [3.05, 3.63) is 35.8 Å². The average molecular weight is 347 g/mol. The quantitative estimate of drug-likeness (QED) is 0.477. The van der Waals surface area contributed by atoms with Crippen LogP contribution in [0.5, 0.6) is 0 Å². The van der Waals surface area contributed by atoms with Crippen LogP contribution >= 0.6 is 0 Å². The molecule has 3 rings (SSSR count). The lowest BCUT2D eigenvalue weighted by molar-refractivity contribution is 0.0608. The molecule has 0 aliphatic carbocycles. The Morgan fingerprint density at radius 3 is 2.29 bits per heavy atom. The van der Waals surface area contributed by atoms with E-state index in [0.29, 0.717) is 17.5 Å². The van der Waals surface area contributed by atoms with Gasteiger partial charge in [0, 0.05) is 0 Å². The van der Waals surface area contributed by atoms with Crippen molar-refractivity contribution >= 4 is 11.5 Å². The molecule has 1 saturated heterocycles. The summed E-state index contributed by atoms with van der Waals surface area (Å²) in [6.07, 6.45) is 0.808. The summed E-state index contributed by atoms with van der Waals surface area (Å²) >= 11 is 0. The Hall–Kier alpha value is -1.90. The molecule has 2 heterocycles. The second-order valence-electron chi connectivity index (χ2n) is 5.68. The Morgan fingerprint density at radius 1 is 1.12 bits per heavy atom. The Bertz CT molecular complexity index is 667. The van der Waals surface area contributed by atoms with Gasteiger partial charge in [-0.05, 0) is 5.92 Å². The maximum atomic E-state index is 13.9. The van der Waals surface area contributed by atoms with Gasteiger partial charge in [0.15, 0.2) is 29.1 Å². The third-order valence-corrected chi connectivity index (χ3v) is 4.25. The van der Waals surface area contributed by atoms with Crippen LogP contribution in [0.4, 0.5) is 27.6 Å². The van der Waals surface area contributed by atoms with E-state index in [0.717, 1.165) is 6.42 Å². The number of morpholine rings is 1. The van der Waals surface area contributed by atoms with Crippen molar-refractivity contribution in [1.29, 1.82) is 0 Å². The van der Waals surface area contributed by atoms with E-state index >= 15 is 0 Å². The van der Waals surface area contributed by atoms with E-state index < -0.39 is 34.8 Å². The summed E-state index contributed by atoms with van der Waals surface area (Å²) in [6.45, 7) is 6.92. The SMILES string of the molecule is CCC(C)[C@H]1COCC2=NN(c3c(F)c(F)c(F)c(F)c3F)[C]N21. The van der Waals surface area contributed by atoms with E-state index in [1.165, 1.54) is 4.90 Å². The number of hydrogen-bond acceptors (Lipinski definition) is 4. The smallest absolute Gasteiger partial charge is 0.233 e. The molecule has 0 amide bonds. The number of anilines is 1. The maximum Gasteiger partial charge on any atom is 0.233 e. The summed E-state index contributed by atoms with van der Waals surface area (Å²) in [5, 5.41) is 4.44. The molecule has 1 fully saturated rings. The zero-order chi connectivity index (χ0) is 17.6. The van der Waals surface area contributed by atoms with Gasteiger partial charge in [-0.2, -0.15) is 5.10 Å². The van der Waals surface area contributed by atoms with Crippen LogP contribution in [0.3, 0.4) is 0 Å². The van der Waals surface area contributed by atoms with Crippen LogP contribution in [0.2, 0.25) is 0 Å². The highest BCUT2D eigenvalue weighted by Gasteiger charge is 2.40. The third-order valence-electron chi connectivity index (χ3n) is 4.25. The van der Waals surface area contributed by atoms with Gasteiger partial charge >= 0.3 is 0 Å². The number of nitrogens with zero attached hydrogens (tertiary/aromatic N) is 3. The average Bonchev–Trinajstić information content (AvgIpc) is 3.01. The summed E-state index contributed by atoms with van der Waals surface area (Å²) in [5.74, 6) is -9.71. The molecule has 1 unspecified atom stereocenters. The molecular formula is C15H14F5N3O. The zero-order valence-electron chi connectivity index (χ0n) is 12.9. The van der Waals surface area contributed by atoms with Crippen LogP contribution in [-0.4, -0.2) is 30.0 Å². The highest BCUT2D eigenvalue weighted by atomic mass is 19.2. The van der Waals surface area contributed by atoms with Crippen molar-refractivity contribution in [3.8, 4) is 0 Å². The normalized spacial score (nSPS) is 21.8. The highest BCUT2D eigenvalue weighted by molar-refractivity contribution is 5.88. The van der Waals surface area contributed by atoms with Gasteiger partial charge in [0.25, 0.3) is 0 Å². The Morgan fingerprint density at radius 2 is 1.71 bits per heavy atom. The minimum absolute atomic E-state index is 0.0613. The predicted octanol–water partition coefficient (Wildman–Crippen LogP) is 3.26. The van der Waals surface area contributed by atoms with Crippen molar-refractivity contribution in [2.45, 2.75) is 26.3 Å². The van der Waals surface area contributed by atoms with Crippen LogP contribution in [0.25, 0.3) is 0 Å². The van der Waals surface area contributed by atoms with Gasteiger partial charge in [-0.1, -0.05) is 20.3 Å². The fourth-order valence-electron chi connectivity index (χ4n) is 2.63. The first kappa shape index (κ1) is 16.9. The lowest BCUT2D eigenvalue weighted by Crippen LogP contribution is -2.49. The number of hydrazone groups is 1. The molecule has 1 aromatic rings. The van der Waals surface area contributed by atoms with E-state index in [4.69, 9.17) is 4.74 Å². The minimum atomic E-state index is -2.21. The molecule has 2 atom stereocenters. The molecule has 2 radical (unpaired) electrons. The van der Waals surface area contributed by atoms with Crippen molar-refractivity contribution in [3.63, 3.8) is 0 Å². The summed E-state index contributed by atoms with van der Waals surface area (Å²) in [5.41, 5.74) is -1.16. The first-order chi connectivity index (χ1) is 11.4. The van der Waals surface area contributed by atoms with Gasteiger partial charge in [-0.15, -0.1) is 0 Å². The van der Waals surface area contributed by atoms with Crippen LogP contribution < -0.4 is 5.01 Å². The summed E-state index contributed by atoms with van der Waals surface area (Å²) in [7, 11) is 0. The largest absolute Gasteiger partial charge is 0.371 e. The molecule has 0 aromatic heterocycles. The molecule has 4 nitrogen and oxygen atoms in total. The van der Waals surface area contributed by atoms with E-state index in [-0.39, 0.29) is 18.6 Å². The van der Waals surface area contributed by atoms with E-state index in [9.17, 15) is 22.0 Å². The Balaban J connectivity index is 1.98. The summed E-state index contributed by atoms with van der Waals surface area (Å²) in [4.78, 5) is 1.54. The zero-order valence-corrected chi connectivity index (χ0v) is 12.9. The van der Waals surface area contributed by atoms with Crippen molar-refractivity contribution in [1.82, 2.24) is 4.90 Å². The predicted molar refractivity (Wildman–Crippen MR) is 75.3 cm³/mol. The lowest BCUT2D eigenvalue weighted by Gasteiger charge is -2.36. The summed E-state index contributed by atoms with van der Waals surface area (Å²) < 4.78 is 73.2. The fraction of sp³-hybridized carbons (Fsp3) is 0.467. The maximum absolute atomic E-state index is 13.9. The van der Waals surface area contributed by atoms with Crippen LogP contribution in [-0.2, 0) is 4.74 Å². The Labute approximate surface area is 135 Å². The second kappa shape index (κ2) is 6.19.